The van der Waals surface area contributed by atoms with E-state index in [-0.39, 0.29) is 6.42 Å². The number of carbonyl (C=O) groups excluding carboxylic acids is 2. The van der Waals surface area contributed by atoms with Crippen molar-refractivity contribution in [3.05, 3.63) is 11.6 Å². The van der Waals surface area contributed by atoms with Crippen molar-refractivity contribution in [1.82, 2.24) is 10.6 Å². The van der Waals surface area contributed by atoms with Gasteiger partial charge in [-0.3, -0.25) is 14.9 Å². The molecule has 0 aliphatic carbocycles. The minimum Gasteiger partial charge on any atom is -0.481 e. The van der Waals surface area contributed by atoms with E-state index in [1.54, 1.807) is 6.08 Å². The number of amides is 3. The average molecular weight is 256 g/mol. The van der Waals surface area contributed by atoms with Crippen molar-refractivity contribution >= 4 is 17.9 Å². The average Bonchev–Trinajstić information content (AvgIpc) is 2.14. The Balaban J connectivity index is 4.14. The summed E-state index contributed by atoms with van der Waals surface area (Å²) >= 11 is 0. The van der Waals surface area contributed by atoms with Crippen LogP contribution in [0.2, 0.25) is 0 Å². The fraction of sp³-hybridized carbons (Fsp3) is 0.583. The number of hydrogen-bond donors (Lipinski definition) is 3. The van der Waals surface area contributed by atoms with Gasteiger partial charge in [-0.25, -0.2) is 4.79 Å². The molecule has 0 spiro atoms. The lowest BCUT2D eigenvalue weighted by Crippen LogP contribution is -2.42. The molecule has 0 aromatic heterocycles. The molecule has 6 heteroatoms. The lowest BCUT2D eigenvalue weighted by molar-refractivity contribution is -0.149. The molecule has 0 aromatic rings. The number of allylic oxidation sites excluding steroid dienone is 1. The topological polar surface area (TPSA) is 95.5 Å². The third kappa shape index (κ3) is 6.67. The van der Waals surface area contributed by atoms with Crippen LogP contribution < -0.4 is 10.6 Å². The van der Waals surface area contributed by atoms with E-state index in [1.165, 1.54) is 13.8 Å². The quantitative estimate of drug-likeness (QED) is 0.646. The molecule has 0 radical (unpaired) electrons. The van der Waals surface area contributed by atoms with Crippen molar-refractivity contribution in [2.24, 2.45) is 5.41 Å². The van der Waals surface area contributed by atoms with E-state index in [1.807, 2.05) is 13.8 Å². The molecule has 0 aliphatic heterocycles. The number of carboxylic acids is 1. The van der Waals surface area contributed by atoms with Gasteiger partial charge in [-0.2, -0.15) is 0 Å². The van der Waals surface area contributed by atoms with Gasteiger partial charge < -0.3 is 10.4 Å². The SMILES string of the molecule is CC(C)=CCNC(=O)NC(=O)CC(C)(C)C(=O)O. The Morgan fingerprint density at radius 1 is 1.22 bits per heavy atom. The van der Waals surface area contributed by atoms with Crippen LogP contribution in [-0.4, -0.2) is 29.6 Å². The highest BCUT2D eigenvalue weighted by molar-refractivity contribution is 5.96. The van der Waals surface area contributed by atoms with Crippen LogP contribution >= 0.6 is 0 Å². The van der Waals surface area contributed by atoms with Crippen LogP contribution in [0, 0.1) is 5.41 Å². The maximum absolute atomic E-state index is 11.4. The summed E-state index contributed by atoms with van der Waals surface area (Å²) in [6, 6.07) is -0.626. The van der Waals surface area contributed by atoms with E-state index in [2.05, 4.69) is 10.6 Å². The number of nitrogens with one attached hydrogen (secondary N) is 2. The Kier molecular flexibility index (Phi) is 6.08. The maximum Gasteiger partial charge on any atom is 0.321 e. The molecule has 3 amide bonds. The smallest absolute Gasteiger partial charge is 0.321 e. The molecule has 6 nitrogen and oxygen atoms in total. The van der Waals surface area contributed by atoms with Crippen molar-refractivity contribution < 1.29 is 19.5 Å². The molecule has 0 rings (SSSR count). The summed E-state index contributed by atoms with van der Waals surface area (Å²) < 4.78 is 0. The predicted octanol–water partition coefficient (Wildman–Crippen LogP) is 1.28. The molecule has 0 aromatic carbocycles. The van der Waals surface area contributed by atoms with Gasteiger partial charge in [-0.15, -0.1) is 0 Å². The number of carboxylic acid groups (broad SMARTS) is 1. The highest BCUT2D eigenvalue weighted by Gasteiger charge is 2.30. The Hall–Kier alpha value is -1.85. The summed E-state index contributed by atoms with van der Waals surface area (Å²) in [6.45, 7) is 6.95. The molecule has 0 heterocycles. The largest absolute Gasteiger partial charge is 0.481 e. The van der Waals surface area contributed by atoms with Crippen LogP contribution in [0.4, 0.5) is 4.79 Å². The van der Waals surface area contributed by atoms with Gasteiger partial charge in [0.15, 0.2) is 0 Å². The van der Waals surface area contributed by atoms with Crippen LogP contribution in [0.25, 0.3) is 0 Å². The number of rotatable bonds is 5. The molecular formula is C12H20N2O4. The van der Waals surface area contributed by atoms with Crippen LogP contribution in [-0.2, 0) is 9.59 Å². The van der Waals surface area contributed by atoms with Gasteiger partial charge >= 0.3 is 12.0 Å². The van der Waals surface area contributed by atoms with Crippen LogP contribution in [0.3, 0.4) is 0 Å². The van der Waals surface area contributed by atoms with Gasteiger partial charge in [0.05, 0.1) is 5.41 Å². The minimum absolute atomic E-state index is 0.252. The van der Waals surface area contributed by atoms with Crippen molar-refractivity contribution in [3.63, 3.8) is 0 Å². The molecule has 18 heavy (non-hydrogen) atoms. The molecule has 0 saturated heterocycles. The number of imide groups is 1. The summed E-state index contributed by atoms with van der Waals surface area (Å²) in [7, 11) is 0. The second-order valence-corrected chi connectivity index (χ2v) is 4.91. The zero-order valence-electron chi connectivity index (χ0n) is 11.2. The third-order valence-electron chi connectivity index (χ3n) is 2.21. The monoisotopic (exact) mass is 256 g/mol. The molecule has 0 bridgehead atoms. The Morgan fingerprint density at radius 2 is 1.78 bits per heavy atom. The van der Waals surface area contributed by atoms with E-state index in [9.17, 15) is 14.4 Å². The van der Waals surface area contributed by atoms with E-state index >= 15 is 0 Å². The number of hydrogen-bond acceptors (Lipinski definition) is 3. The van der Waals surface area contributed by atoms with Gasteiger partial charge in [0, 0.05) is 13.0 Å². The van der Waals surface area contributed by atoms with Crippen molar-refractivity contribution in [1.29, 1.82) is 0 Å². The fourth-order valence-electron chi connectivity index (χ4n) is 1.04. The maximum atomic E-state index is 11.4. The molecule has 102 valence electrons. The zero-order valence-corrected chi connectivity index (χ0v) is 11.2. The summed E-state index contributed by atoms with van der Waals surface area (Å²) in [5, 5.41) is 13.4. The predicted molar refractivity (Wildman–Crippen MR) is 67.0 cm³/mol. The molecular weight excluding hydrogens is 236 g/mol. The van der Waals surface area contributed by atoms with Gasteiger partial charge in [-0.1, -0.05) is 11.6 Å². The molecule has 0 aliphatic rings. The van der Waals surface area contributed by atoms with Crippen LogP contribution in [0.1, 0.15) is 34.1 Å². The van der Waals surface area contributed by atoms with Crippen molar-refractivity contribution in [2.75, 3.05) is 6.54 Å². The van der Waals surface area contributed by atoms with Gasteiger partial charge in [0.2, 0.25) is 5.91 Å². The molecule has 3 N–H and O–H groups in total. The van der Waals surface area contributed by atoms with Gasteiger partial charge in [0.25, 0.3) is 0 Å². The van der Waals surface area contributed by atoms with Gasteiger partial charge in [-0.05, 0) is 27.7 Å². The summed E-state index contributed by atoms with van der Waals surface area (Å²) in [5.41, 5.74) is -0.141. The van der Waals surface area contributed by atoms with E-state index in [0.717, 1.165) is 5.57 Å². The number of urea groups is 1. The normalized spacial score (nSPS) is 10.4. The lowest BCUT2D eigenvalue weighted by atomic mass is 9.89. The zero-order chi connectivity index (χ0) is 14.3. The van der Waals surface area contributed by atoms with Crippen molar-refractivity contribution in [2.45, 2.75) is 34.1 Å². The molecule has 0 fully saturated rings. The first-order valence-electron chi connectivity index (χ1n) is 5.59. The van der Waals surface area contributed by atoms with Crippen LogP contribution in [0.5, 0.6) is 0 Å². The van der Waals surface area contributed by atoms with E-state index in [4.69, 9.17) is 5.11 Å². The number of aliphatic carboxylic acids is 1. The van der Waals surface area contributed by atoms with E-state index < -0.39 is 23.3 Å². The molecule has 0 atom stereocenters. The molecule has 0 unspecified atom stereocenters. The fourth-order valence-corrected chi connectivity index (χ4v) is 1.04. The summed E-state index contributed by atoms with van der Waals surface area (Å²) in [6.07, 6.45) is 1.55. The summed E-state index contributed by atoms with van der Waals surface area (Å²) in [4.78, 5) is 33.5. The molecule has 0 saturated carbocycles. The first kappa shape index (κ1) is 16.1. The van der Waals surface area contributed by atoms with Crippen molar-refractivity contribution in [3.8, 4) is 0 Å². The second kappa shape index (κ2) is 6.78. The Bertz CT molecular complexity index is 368. The standard InChI is InChI=1S/C12H20N2O4/c1-8(2)5-6-13-11(18)14-9(15)7-12(3,4)10(16)17/h5H,6-7H2,1-4H3,(H,16,17)(H2,13,14,15,18). The third-order valence-corrected chi connectivity index (χ3v) is 2.21. The highest BCUT2D eigenvalue weighted by atomic mass is 16.4. The van der Waals surface area contributed by atoms with Gasteiger partial charge in [0.1, 0.15) is 0 Å². The van der Waals surface area contributed by atoms with Crippen LogP contribution in [0.15, 0.2) is 11.6 Å². The highest BCUT2D eigenvalue weighted by Crippen LogP contribution is 2.19. The second-order valence-electron chi connectivity index (χ2n) is 4.91. The lowest BCUT2D eigenvalue weighted by Gasteiger charge is -2.17. The Morgan fingerprint density at radius 3 is 2.22 bits per heavy atom. The summed E-state index contributed by atoms with van der Waals surface area (Å²) in [5.74, 6) is -1.69. The number of carbonyl (C=O) groups is 3. The Labute approximate surface area is 106 Å². The minimum atomic E-state index is -1.19. The first-order valence-corrected chi connectivity index (χ1v) is 5.59. The van der Waals surface area contributed by atoms with E-state index in [0.29, 0.717) is 6.54 Å². The first-order chi connectivity index (χ1) is 8.15.